The second-order valence-corrected chi connectivity index (χ2v) is 9.98. The molecule has 2 atom stereocenters. The van der Waals surface area contributed by atoms with Gasteiger partial charge in [0.05, 0.1) is 18.2 Å². The van der Waals surface area contributed by atoms with E-state index in [4.69, 9.17) is 16.3 Å². The zero-order valence-electron chi connectivity index (χ0n) is 21.2. The van der Waals surface area contributed by atoms with Gasteiger partial charge >= 0.3 is 0 Å². The van der Waals surface area contributed by atoms with E-state index in [1.807, 2.05) is 30.0 Å². The van der Waals surface area contributed by atoms with Crippen LogP contribution in [0, 0.1) is 0 Å². The van der Waals surface area contributed by atoms with Gasteiger partial charge in [-0.2, -0.15) is 0 Å². The van der Waals surface area contributed by atoms with Gasteiger partial charge in [-0.3, -0.25) is 19.3 Å². The molecule has 36 heavy (non-hydrogen) atoms. The molecule has 1 N–H and O–H groups in total. The normalized spacial score (nSPS) is 18.3. The molecule has 0 radical (unpaired) electrons. The Balaban J connectivity index is 1.61. The molecule has 9 heteroatoms. The van der Waals surface area contributed by atoms with E-state index in [9.17, 15) is 14.4 Å². The van der Waals surface area contributed by atoms with Crippen molar-refractivity contribution < 1.29 is 19.1 Å². The number of nitrogens with zero attached hydrogens (tertiary/aromatic N) is 3. The number of ketones is 1. The number of benzene rings is 2. The van der Waals surface area contributed by atoms with E-state index >= 15 is 0 Å². The molecule has 2 amide bonds. The highest BCUT2D eigenvalue weighted by molar-refractivity contribution is 6.44. The lowest BCUT2D eigenvalue weighted by Crippen LogP contribution is -2.57. The zero-order chi connectivity index (χ0) is 26.1. The topological polar surface area (TPSA) is 85.9 Å². The average molecular weight is 511 g/mol. The average Bonchev–Trinajstić information content (AvgIpc) is 3.26. The van der Waals surface area contributed by atoms with E-state index in [0.717, 1.165) is 12.1 Å². The van der Waals surface area contributed by atoms with Gasteiger partial charge in [-0.05, 0) is 37.6 Å². The second-order valence-electron chi connectivity index (χ2n) is 9.54. The van der Waals surface area contributed by atoms with Gasteiger partial charge in [-0.25, -0.2) is 0 Å². The van der Waals surface area contributed by atoms with Gasteiger partial charge in [0.15, 0.2) is 0 Å². The maximum absolute atomic E-state index is 13.8. The van der Waals surface area contributed by atoms with Crippen molar-refractivity contribution in [2.45, 2.75) is 32.5 Å². The van der Waals surface area contributed by atoms with Crippen LogP contribution in [0.1, 0.15) is 40.1 Å². The summed E-state index contributed by atoms with van der Waals surface area (Å²) in [7, 11) is 4.57. The van der Waals surface area contributed by atoms with E-state index in [2.05, 4.69) is 22.9 Å². The van der Waals surface area contributed by atoms with Crippen LogP contribution < -0.4 is 4.74 Å². The maximum atomic E-state index is 13.8. The molecule has 0 saturated carbocycles. The third-order valence-corrected chi connectivity index (χ3v) is 6.96. The number of rotatable bonds is 6. The van der Waals surface area contributed by atoms with Crippen molar-refractivity contribution in [1.82, 2.24) is 19.7 Å². The molecule has 3 aromatic rings. The van der Waals surface area contributed by atoms with Gasteiger partial charge < -0.3 is 19.5 Å². The number of carbonyl (C=O) groups excluding carboxylic acids is 3. The summed E-state index contributed by atoms with van der Waals surface area (Å²) in [6.45, 7) is 6.13. The van der Waals surface area contributed by atoms with Crippen molar-refractivity contribution in [1.29, 1.82) is 0 Å². The lowest BCUT2D eigenvalue weighted by molar-refractivity contribution is -0.124. The third kappa shape index (κ3) is 4.96. The molecular weight excluding hydrogens is 480 g/mol. The minimum Gasteiger partial charge on any atom is -0.496 e. The van der Waals surface area contributed by atoms with E-state index in [1.165, 1.54) is 32.3 Å². The summed E-state index contributed by atoms with van der Waals surface area (Å²) >= 11 is 6.16. The molecule has 1 saturated heterocycles. The van der Waals surface area contributed by atoms with Crippen LogP contribution in [-0.2, 0) is 11.3 Å². The Morgan fingerprint density at radius 1 is 1.08 bits per heavy atom. The van der Waals surface area contributed by atoms with Crippen molar-refractivity contribution in [3.63, 3.8) is 0 Å². The molecule has 2 aromatic carbocycles. The summed E-state index contributed by atoms with van der Waals surface area (Å²) < 4.78 is 5.54. The molecule has 1 aliphatic rings. The number of carbonyl (C=O) groups is 3. The highest BCUT2D eigenvalue weighted by Crippen LogP contribution is 2.31. The van der Waals surface area contributed by atoms with Crippen LogP contribution in [0.5, 0.6) is 5.75 Å². The molecule has 0 aliphatic carbocycles. The smallest absolute Gasteiger partial charge is 0.294 e. The number of hydrogen-bond donors (Lipinski definition) is 1. The minimum absolute atomic E-state index is 0.0454. The zero-order valence-corrected chi connectivity index (χ0v) is 21.9. The Kier molecular flexibility index (Phi) is 7.38. The second kappa shape index (κ2) is 10.3. The number of amides is 2. The Morgan fingerprint density at radius 3 is 2.50 bits per heavy atom. The van der Waals surface area contributed by atoms with Crippen molar-refractivity contribution in [2.24, 2.45) is 0 Å². The fourth-order valence-electron chi connectivity index (χ4n) is 4.72. The van der Waals surface area contributed by atoms with E-state index < -0.39 is 11.7 Å². The Labute approximate surface area is 215 Å². The van der Waals surface area contributed by atoms with E-state index in [1.54, 1.807) is 12.1 Å². The predicted molar refractivity (Wildman–Crippen MR) is 140 cm³/mol. The van der Waals surface area contributed by atoms with Crippen LogP contribution in [-0.4, -0.2) is 83.7 Å². The van der Waals surface area contributed by atoms with Crippen LogP contribution in [0.25, 0.3) is 10.9 Å². The predicted octanol–water partition coefficient (Wildman–Crippen LogP) is 3.84. The van der Waals surface area contributed by atoms with Crippen LogP contribution in [0.2, 0.25) is 5.02 Å². The molecule has 0 bridgehead atoms. The molecule has 8 nitrogen and oxygen atoms in total. The number of hydrogen-bond acceptors (Lipinski definition) is 5. The van der Waals surface area contributed by atoms with Gasteiger partial charge in [0, 0.05) is 74.0 Å². The van der Waals surface area contributed by atoms with Gasteiger partial charge in [-0.1, -0.05) is 23.7 Å². The van der Waals surface area contributed by atoms with Gasteiger partial charge in [0.25, 0.3) is 17.6 Å². The number of piperazine rings is 1. The van der Waals surface area contributed by atoms with Crippen LogP contribution in [0.4, 0.5) is 0 Å². The van der Waals surface area contributed by atoms with Crippen molar-refractivity contribution in [2.75, 3.05) is 34.3 Å². The van der Waals surface area contributed by atoms with Crippen molar-refractivity contribution in [3.8, 4) is 5.75 Å². The lowest BCUT2D eigenvalue weighted by Gasteiger charge is -2.44. The van der Waals surface area contributed by atoms with Crippen molar-refractivity contribution in [3.05, 3.63) is 64.3 Å². The maximum Gasteiger partial charge on any atom is 0.294 e. The molecule has 1 fully saturated rings. The summed E-state index contributed by atoms with van der Waals surface area (Å²) in [6.07, 6.45) is 1.50. The number of ether oxygens (including phenoxy) is 1. The number of halogens is 1. The number of fused-ring (bicyclic) bond motifs is 1. The molecule has 1 aromatic heterocycles. The monoisotopic (exact) mass is 510 g/mol. The summed E-state index contributed by atoms with van der Waals surface area (Å²) in [5.41, 5.74) is 2.34. The molecule has 2 unspecified atom stereocenters. The first-order valence-corrected chi connectivity index (χ1v) is 12.2. The Hall–Kier alpha value is -3.36. The summed E-state index contributed by atoms with van der Waals surface area (Å²) in [4.78, 5) is 47.3. The van der Waals surface area contributed by atoms with E-state index in [-0.39, 0.29) is 23.6 Å². The van der Waals surface area contributed by atoms with Gasteiger partial charge in [0.1, 0.15) is 5.75 Å². The molecule has 1 aliphatic heterocycles. The molecular formula is C27H31ClN4O4. The van der Waals surface area contributed by atoms with Crippen molar-refractivity contribution >= 4 is 40.1 Å². The quantitative estimate of drug-likeness (QED) is 0.402. The number of aromatic amines is 1. The van der Waals surface area contributed by atoms with Gasteiger partial charge in [0.2, 0.25) is 0 Å². The Bertz CT molecular complexity index is 1320. The number of aromatic nitrogens is 1. The fourth-order valence-corrected chi connectivity index (χ4v) is 4.93. The molecule has 0 spiro atoms. The SMILES string of the molecule is COc1cc2[nH]cc(C(=O)C(=O)N(C)C)c2cc1C(=O)N1CC(C)N(Cc2cccc(Cl)c2)CC1C. The Morgan fingerprint density at radius 2 is 1.83 bits per heavy atom. The number of H-pyrrole nitrogens is 1. The number of nitrogens with one attached hydrogen (secondary N) is 1. The molecule has 4 rings (SSSR count). The minimum atomic E-state index is -0.633. The standard InChI is InChI=1S/C27H31ClN4O4/c1-16-14-32(17(2)13-31(16)15-18-7-6-8-19(28)9-18)26(34)21-10-20-22(25(33)27(35)30(3)4)12-29-23(20)11-24(21)36-5/h6-12,16-17,29H,13-15H2,1-5H3. The van der Waals surface area contributed by atoms with Gasteiger partial charge in [-0.15, -0.1) is 0 Å². The highest BCUT2D eigenvalue weighted by atomic mass is 35.5. The first kappa shape index (κ1) is 25.7. The number of likely N-dealkylation sites (N-methyl/N-ethyl adjacent to an activating group) is 1. The molecule has 190 valence electrons. The van der Waals surface area contributed by atoms with Crippen LogP contribution in [0.3, 0.4) is 0 Å². The molecule has 2 heterocycles. The largest absolute Gasteiger partial charge is 0.496 e. The van der Waals surface area contributed by atoms with Crippen LogP contribution in [0.15, 0.2) is 42.6 Å². The lowest BCUT2D eigenvalue weighted by atomic mass is 10.0. The number of methoxy groups -OCH3 is 1. The van der Waals surface area contributed by atoms with Crippen LogP contribution >= 0.6 is 11.6 Å². The summed E-state index contributed by atoms with van der Waals surface area (Å²) in [6, 6.07) is 11.3. The summed E-state index contributed by atoms with van der Waals surface area (Å²) in [5.74, 6) is -1.02. The number of Topliss-reactive ketones (excluding diaryl/α,β-unsaturated/α-hetero) is 1. The first-order valence-electron chi connectivity index (χ1n) is 11.8. The third-order valence-electron chi connectivity index (χ3n) is 6.73. The fraction of sp³-hybridized carbons (Fsp3) is 0.370. The first-order chi connectivity index (χ1) is 17.1. The highest BCUT2D eigenvalue weighted by Gasteiger charge is 2.34. The summed E-state index contributed by atoms with van der Waals surface area (Å²) in [5, 5.41) is 1.22. The van der Waals surface area contributed by atoms with E-state index in [0.29, 0.717) is 40.3 Å².